The summed E-state index contributed by atoms with van der Waals surface area (Å²) in [5, 5.41) is 0.755. The van der Waals surface area contributed by atoms with Gasteiger partial charge in [0, 0.05) is 17.0 Å². The molecule has 0 bridgehead atoms. The first-order valence-electron chi connectivity index (χ1n) is 6.95. The second-order valence-electron chi connectivity index (χ2n) is 4.99. The van der Waals surface area contributed by atoms with E-state index in [1.54, 1.807) is 15.9 Å². The Morgan fingerprint density at radius 3 is 2.67 bits per heavy atom. The van der Waals surface area contributed by atoms with Gasteiger partial charge in [-0.25, -0.2) is 0 Å². The fourth-order valence-electron chi connectivity index (χ4n) is 2.61. The molecule has 3 aromatic rings. The van der Waals surface area contributed by atoms with Crippen LogP contribution in [0, 0.1) is 11.7 Å². The number of thiophene rings is 1. The van der Waals surface area contributed by atoms with Crippen LogP contribution in [-0.2, 0) is 6.54 Å². The molecule has 3 rings (SSSR count). The Balaban J connectivity index is 2.41. The van der Waals surface area contributed by atoms with E-state index in [-0.39, 0.29) is 5.56 Å². The minimum Gasteiger partial charge on any atom is -0.323 e. The van der Waals surface area contributed by atoms with Crippen LogP contribution in [0.5, 0.6) is 0 Å². The first kappa shape index (κ1) is 14.2. The molecule has 1 aromatic carbocycles. The highest BCUT2D eigenvalue weighted by molar-refractivity contribution is 7.71. The maximum Gasteiger partial charge on any atom is 0.263 e. The normalized spacial score (nSPS) is 11.1. The van der Waals surface area contributed by atoms with Crippen LogP contribution in [0.4, 0.5) is 0 Å². The molecule has 0 fully saturated rings. The van der Waals surface area contributed by atoms with E-state index in [9.17, 15) is 4.79 Å². The minimum absolute atomic E-state index is 0.0128. The van der Waals surface area contributed by atoms with Gasteiger partial charge in [-0.05, 0) is 31.1 Å². The predicted octanol–water partition coefficient (Wildman–Crippen LogP) is 4.51. The lowest BCUT2D eigenvalue weighted by molar-refractivity contribution is 0.639. The molecule has 1 N–H and O–H groups in total. The summed E-state index contributed by atoms with van der Waals surface area (Å²) in [4.78, 5) is 18.0. The molecule has 0 radical (unpaired) electrons. The van der Waals surface area contributed by atoms with Crippen LogP contribution < -0.4 is 5.56 Å². The van der Waals surface area contributed by atoms with Crippen LogP contribution in [0.3, 0.4) is 0 Å². The average Bonchev–Trinajstić information content (AvgIpc) is 2.80. The number of rotatable bonds is 3. The molecule has 21 heavy (non-hydrogen) atoms. The van der Waals surface area contributed by atoms with E-state index >= 15 is 0 Å². The molecular formula is C16H16N2OS2. The van der Waals surface area contributed by atoms with Crippen molar-refractivity contribution in [2.45, 2.75) is 26.8 Å². The Kier molecular flexibility index (Phi) is 3.78. The van der Waals surface area contributed by atoms with Crippen LogP contribution in [0.25, 0.3) is 21.3 Å². The summed E-state index contributed by atoms with van der Waals surface area (Å²) in [6.07, 6.45) is 0.882. The van der Waals surface area contributed by atoms with Gasteiger partial charge in [0.1, 0.15) is 4.83 Å². The number of aromatic amines is 1. The Morgan fingerprint density at radius 2 is 2.00 bits per heavy atom. The Labute approximate surface area is 131 Å². The van der Waals surface area contributed by atoms with Crippen molar-refractivity contribution >= 4 is 33.8 Å². The standard InChI is InChI=1S/C16H16N2OS2/c1-3-9-18-15(19)13-12(11-7-5-4-6-8-11)10(2)21-14(13)17-16(18)20/h4-8H,3,9H2,1-2H3,(H,17,20). The lowest BCUT2D eigenvalue weighted by atomic mass is 10.0. The highest BCUT2D eigenvalue weighted by atomic mass is 32.1. The number of nitrogens with one attached hydrogen (secondary N) is 1. The van der Waals surface area contributed by atoms with E-state index in [2.05, 4.69) is 4.98 Å². The van der Waals surface area contributed by atoms with Gasteiger partial charge < -0.3 is 4.98 Å². The van der Waals surface area contributed by atoms with Gasteiger partial charge in [-0.15, -0.1) is 11.3 Å². The molecule has 0 unspecified atom stereocenters. The van der Waals surface area contributed by atoms with Crippen molar-refractivity contribution in [1.82, 2.24) is 9.55 Å². The number of aryl methyl sites for hydroxylation is 1. The molecule has 0 saturated carbocycles. The maximum atomic E-state index is 12.8. The molecule has 5 heteroatoms. The smallest absolute Gasteiger partial charge is 0.263 e. The summed E-state index contributed by atoms with van der Waals surface area (Å²) in [5.74, 6) is 0. The third-order valence-corrected chi connectivity index (χ3v) is 4.86. The minimum atomic E-state index is 0.0128. The van der Waals surface area contributed by atoms with Crippen molar-refractivity contribution in [3.8, 4) is 11.1 Å². The van der Waals surface area contributed by atoms with E-state index in [1.165, 1.54) is 0 Å². The summed E-state index contributed by atoms with van der Waals surface area (Å²) in [6.45, 7) is 4.74. The predicted molar refractivity (Wildman–Crippen MR) is 91.7 cm³/mol. The van der Waals surface area contributed by atoms with E-state index in [1.807, 2.05) is 44.2 Å². The number of fused-ring (bicyclic) bond motifs is 1. The lowest BCUT2D eigenvalue weighted by Gasteiger charge is -2.06. The van der Waals surface area contributed by atoms with Crippen molar-refractivity contribution in [3.63, 3.8) is 0 Å². The van der Waals surface area contributed by atoms with E-state index in [4.69, 9.17) is 12.2 Å². The largest absolute Gasteiger partial charge is 0.323 e. The average molecular weight is 316 g/mol. The molecule has 2 aromatic heterocycles. The molecule has 0 amide bonds. The number of benzene rings is 1. The summed E-state index contributed by atoms with van der Waals surface area (Å²) in [6, 6.07) is 10.1. The zero-order valence-electron chi connectivity index (χ0n) is 12.0. The van der Waals surface area contributed by atoms with Crippen molar-refractivity contribution in [2.24, 2.45) is 0 Å². The monoisotopic (exact) mass is 316 g/mol. The number of hydrogen-bond donors (Lipinski definition) is 1. The third kappa shape index (κ3) is 2.36. The van der Waals surface area contributed by atoms with Crippen molar-refractivity contribution < 1.29 is 0 Å². The molecule has 0 aliphatic carbocycles. The Morgan fingerprint density at radius 1 is 1.29 bits per heavy atom. The van der Waals surface area contributed by atoms with Crippen LogP contribution in [0.15, 0.2) is 35.1 Å². The van der Waals surface area contributed by atoms with Gasteiger partial charge in [-0.2, -0.15) is 0 Å². The Hall–Kier alpha value is -1.72. The zero-order valence-corrected chi connectivity index (χ0v) is 13.6. The first-order chi connectivity index (χ1) is 10.1. The van der Waals surface area contributed by atoms with Crippen molar-refractivity contribution in [3.05, 3.63) is 50.3 Å². The van der Waals surface area contributed by atoms with E-state index in [0.29, 0.717) is 11.3 Å². The fourth-order valence-corrected chi connectivity index (χ4v) is 4.02. The molecule has 108 valence electrons. The quantitative estimate of drug-likeness (QED) is 0.722. The summed E-state index contributed by atoms with van der Waals surface area (Å²) in [7, 11) is 0. The van der Waals surface area contributed by atoms with Crippen LogP contribution in [-0.4, -0.2) is 9.55 Å². The Bertz CT molecular complexity index is 904. The number of hydrogen-bond acceptors (Lipinski definition) is 3. The van der Waals surface area contributed by atoms with Gasteiger partial charge in [0.2, 0.25) is 0 Å². The van der Waals surface area contributed by atoms with Crippen molar-refractivity contribution in [2.75, 3.05) is 0 Å². The van der Waals surface area contributed by atoms with E-state index in [0.717, 1.165) is 32.6 Å². The van der Waals surface area contributed by atoms with Crippen molar-refractivity contribution in [1.29, 1.82) is 0 Å². The van der Waals surface area contributed by atoms with E-state index < -0.39 is 0 Å². The molecule has 0 atom stereocenters. The molecular weight excluding hydrogens is 300 g/mol. The molecule has 0 spiro atoms. The number of aromatic nitrogens is 2. The van der Waals surface area contributed by atoms with Gasteiger partial charge in [-0.1, -0.05) is 37.3 Å². The molecule has 2 heterocycles. The topological polar surface area (TPSA) is 37.8 Å². The van der Waals surface area contributed by atoms with Crippen LogP contribution in [0.2, 0.25) is 0 Å². The molecule has 0 saturated heterocycles. The maximum absolute atomic E-state index is 12.8. The lowest BCUT2D eigenvalue weighted by Crippen LogP contribution is -2.21. The van der Waals surface area contributed by atoms with Gasteiger partial charge >= 0.3 is 0 Å². The van der Waals surface area contributed by atoms with Crippen LogP contribution in [0.1, 0.15) is 18.2 Å². The highest BCUT2D eigenvalue weighted by Gasteiger charge is 2.16. The molecule has 0 aliphatic heterocycles. The number of H-pyrrole nitrogens is 1. The summed E-state index contributed by atoms with van der Waals surface area (Å²) in [5.41, 5.74) is 2.11. The summed E-state index contributed by atoms with van der Waals surface area (Å²) >= 11 is 6.91. The number of nitrogens with zero attached hydrogens (tertiary/aromatic N) is 1. The van der Waals surface area contributed by atoms with Gasteiger partial charge in [0.05, 0.1) is 5.39 Å². The second-order valence-corrected chi connectivity index (χ2v) is 6.60. The second kappa shape index (κ2) is 5.58. The SMILES string of the molecule is CCCn1c(=S)[nH]c2sc(C)c(-c3ccccc3)c2c1=O. The molecule has 0 aliphatic rings. The third-order valence-electron chi connectivity index (χ3n) is 3.52. The highest BCUT2D eigenvalue weighted by Crippen LogP contribution is 2.35. The zero-order chi connectivity index (χ0) is 15.0. The summed E-state index contributed by atoms with van der Waals surface area (Å²) < 4.78 is 2.17. The van der Waals surface area contributed by atoms with Gasteiger partial charge in [0.15, 0.2) is 4.77 Å². The van der Waals surface area contributed by atoms with Crippen LogP contribution >= 0.6 is 23.6 Å². The van der Waals surface area contributed by atoms with Gasteiger partial charge in [0.25, 0.3) is 5.56 Å². The molecule has 3 nitrogen and oxygen atoms in total. The first-order valence-corrected chi connectivity index (χ1v) is 8.17. The van der Waals surface area contributed by atoms with Gasteiger partial charge in [-0.3, -0.25) is 9.36 Å². The fraction of sp³-hybridized carbons (Fsp3) is 0.250.